The molecule has 0 heterocycles. The van der Waals surface area contributed by atoms with Gasteiger partial charge in [-0.15, -0.1) is 0 Å². The highest BCUT2D eigenvalue weighted by atomic mass is 79.9. The molecule has 4 nitrogen and oxygen atoms in total. The minimum atomic E-state index is -0.960. The smallest absolute Gasteiger partial charge is 0.336 e. The third-order valence-electron chi connectivity index (χ3n) is 1.93. The quantitative estimate of drug-likeness (QED) is 0.818. The zero-order chi connectivity index (χ0) is 12.0. The zero-order valence-electron chi connectivity index (χ0n) is 8.90. The molecule has 0 aliphatic rings. The van der Waals surface area contributed by atoms with E-state index in [4.69, 9.17) is 14.6 Å². The van der Waals surface area contributed by atoms with Gasteiger partial charge in [-0.05, 0) is 34.1 Å². The number of aromatic carboxylic acids is 1. The van der Waals surface area contributed by atoms with Crippen LogP contribution in [0.3, 0.4) is 0 Å². The highest BCUT2D eigenvalue weighted by molar-refractivity contribution is 9.10. The third kappa shape index (κ3) is 3.83. The van der Waals surface area contributed by atoms with E-state index in [9.17, 15) is 4.79 Å². The molecular formula is C11H13BrO4. The van der Waals surface area contributed by atoms with Crippen LogP contribution < -0.4 is 4.74 Å². The van der Waals surface area contributed by atoms with E-state index in [1.165, 1.54) is 6.07 Å². The van der Waals surface area contributed by atoms with Gasteiger partial charge in [0, 0.05) is 24.6 Å². The first kappa shape index (κ1) is 13.0. The minimum Gasteiger partial charge on any atom is -0.493 e. The molecule has 0 spiro atoms. The number of carboxylic acid groups (broad SMARTS) is 1. The van der Waals surface area contributed by atoms with Gasteiger partial charge in [-0.3, -0.25) is 0 Å². The van der Waals surface area contributed by atoms with Crippen molar-refractivity contribution in [2.75, 3.05) is 20.3 Å². The summed E-state index contributed by atoms with van der Waals surface area (Å²) in [5.41, 5.74) is 0.226. The molecule has 5 heteroatoms. The molecule has 88 valence electrons. The lowest BCUT2D eigenvalue weighted by molar-refractivity contribution is 0.0696. The van der Waals surface area contributed by atoms with E-state index < -0.39 is 5.97 Å². The molecule has 0 aromatic heterocycles. The molecule has 0 atom stereocenters. The number of ether oxygens (including phenoxy) is 2. The minimum absolute atomic E-state index is 0.226. The Morgan fingerprint density at radius 2 is 2.19 bits per heavy atom. The van der Waals surface area contributed by atoms with Gasteiger partial charge in [0.15, 0.2) is 0 Å². The first-order valence-corrected chi connectivity index (χ1v) is 5.59. The lowest BCUT2D eigenvalue weighted by atomic mass is 10.2. The topological polar surface area (TPSA) is 55.8 Å². The maximum atomic E-state index is 10.7. The largest absolute Gasteiger partial charge is 0.493 e. The average molecular weight is 289 g/mol. The fourth-order valence-electron chi connectivity index (χ4n) is 1.15. The summed E-state index contributed by atoms with van der Waals surface area (Å²) in [5.74, 6) is -0.314. The van der Waals surface area contributed by atoms with Crippen LogP contribution in [0.15, 0.2) is 22.7 Å². The summed E-state index contributed by atoms with van der Waals surface area (Å²) in [7, 11) is 1.64. The Kier molecular flexibility index (Phi) is 5.28. The van der Waals surface area contributed by atoms with E-state index in [2.05, 4.69) is 15.9 Å². The molecule has 0 bridgehead atoms. The van der Waals surface area contributed by atoms with Crippen molar-refractivity contribution in [3.05, 3.63) is 28.2 Å². The second kappa shape index (κ2) is 6.50. The highest BCUT2D eigenvalue weighted by Gasteiger charge is 2.08. The summed E-state index contributed by atoms with van der Waals surface area (Å²) in [5, 5.41) is 8.82. The monoisotopic (exact) mass is 288 g/mol. The van der Waals surface area contributed by atoms with Crippen LogP contribution in [0, 0.1) is 0 Å². The van der Waals surface area contributed by atoms with Crippen molar-refractivity contribution in [2.45, 2.75) is 6.42 Å². The fraction of sp³-hybridized carbons (Fsp3) is 0.364. The van der Waals surface area contributed by atoms with Gasteiger partial charge >= 0.3 is 5.97 Å². The predicted octanol–water partition coefficient (Wildman–Crippen LogP) is 2.56. The van der Waals surface area contributed by atoms with Crippen LogP contribution in [-0.2, 0) is 4.74 Å². The SMILES string of the molecule is COCCCOc1ccc(C(=O)O)c(Br)c1. The normalized spacial score (nSPS) is 10.1. The Balaban J connectivity index is 2.56. The predicted molar refractivity (Wildman–Crippen MR) is 63.1 cm³/mol. The molecule has 1 aromatic rings. The van der Waals surface area contributed by atoms with Crippen LogP contribution in [-0.4, -0.2) is 31.4 Å². The molecule has 16 heavy (non-hydrogen) atoms. The van der Waals surface area contributed by atoms with Gasteiger partial charge in [0.1, 0.15) is 5.75 Å². The molecule has 0 unspecified atom stereocenters. The van der Waals surface area contributed by atoms with Crippen LogP contribution in [0.25, 0.3) is 0 Å². The zero-order valence-corrected chi connectivity index (χ0v) is 10.5. The molecule has 1 N–H and O–H groups in total. The van der Waals surface area contributed by atoms with Crippen molar-refractivity contribution in [3.8, 4) is 5.75 Å². The van der Waals surface area contributed by atoms with Gasteiger partial charge < -0.3 is 14.6 Å². The van der Waals surface area contributed by atoms with E-state index in [1.54, 1.807) is 19.2 Å². The number of hydrogen-bond donors (Lipinski definition) is 1. The first-order chi connectivity index (χ1) is 7.65. The maximum absolute atomic E-state index is 10.7. The molecule has 0 amide bonds. The van der Waals surface area contributed by atoms with Crippen LogP contribution in [0.4, 0.5) is 0 Å². The molecule has 1 rings (SSSR count). The maximum Gasteiger partial charge on any atom is 0.336 e. The van der Waals surface area contributed by atoms with Crippen molar-refractivity contribution in [2.24, 2.45) is 0 Å². The lowest BCUT2D eigenvalue weighted by Crippen LogP contribution is -2.02. The van der Waals surface area contributed by atoms with E-state index in [-0.39, 0.29) is 5.56 Å². The summed E-state index contributed by atoms with van der Waals surface area (Å²) in [6.45, 7) is 1.20. The molecule has 0 aliphatic carbocycles. The summed E-state index contributed by atoms with van der Waals surface area (Å²) in [6, 6.07) is 4.80. The van der Waals surface area contributed by atoms with Crippen molar-refractivity contribution in [1.82, 2.24) is 0 Å². The number of halogens is 1. The Labute approximate surface area is 102 Å². The van der Waals surface area contributed by atoms with Crippen LogP contribution in [0.2, 0.25) is 0 Å². The van der Waals surface area contributed by atoms with Gasteiger partial charge in [0.05, 0.1) is 12.2 Å². The van der Waals surface area contributed by atoms with Crippen LogP contribution in [0.1, 0.15) is 16.8 Å². The number of carboxylic acids is 1. The van der Waals surface area contributed by atoms with Gasteiger partial charge in [-0.25, -0.2) is 4.79 Å². The van der Waals surface area contributed by atoms with E-state index >= 15 is 0 Å². The van der Waals surface area contributed by atoms with E-state index in [0.717, 1.165) is 6.42 Å². The average Bonchev–Trinajstić information content (AvgIpc) is 2.24. The van der Waals surface area contributed by atoms with Gasteiger partial charge in [0.2, 0.25) is 0 Å². The molecular weight excluding hydrogens is 276 g/mol. The summed E-state index contributed by atoms with van der Waals surface area (Å²) in [4.78, 5) is 10.7. The summed E-state index contributed by atoms with van der Waals surface area (Å²) in [6.07, 6.45) is 0.800. The molecule has 0 fully saturated rings. The molecule has 0 radical (unpaired) electrons. The number of rotatable bonds is 6. The van der Waals surface area contributed by atoms with Crippen molar-refractivity contribution < 1.29 is 19.4 Å². The van der Waals surface area contributed by atoms with E-state index in [0.29, 0.717) is 23.4 Å². The van der Waals surface area contributed by atoms with Crippen molar-refractivity contribution in [1.29, 1.82) is 0 Å². The Bertz CT molecular complexity index is 365. The van der Waals surface area contributed by atoms with E-state index in [1.807, 2.05) is 0 Å². The molecule has 0 saturated heterocycles. The van der Waals surface area contributed by atoms with Crippen LogP contribution >= 0.6 is 15.9 Å². The number of hydrogen-bond acceptors (Lipinski definition) is 3. The van der Waals surface area contributed by atoms with Gasteiger partial charge in [0.25, 0.3) is 0 Å². The molecule has 0 saturated carbocycles. The Hall–Kier alpha value is -1.07. The number of benzene rings is 1. The highest BCUT2D eigenvalue weighted by Crippen LogP contribution is 2.23. The second-order valence-electron chi connectivity index (χ2n) is 3.14. The van der Waals surface area contributed by atoms with Gasteiger partial charge in [-0.1, -0.05) is 0 Å². The number of carbonyl (C=O) groups is 1. The molecule has 1 aromatic carbocycles. The second-order valence-corrected chi connectivity index (χ2v) is 4.00. The first-order valence-electron chi connectivity index (χ1n) is 4.79. The summed E-state index contributed by atoms with van der Waals surface area (Å²) >= 11 is 3.18. The number of methoxy groups -OCH3 is 1. The molecule has 0 aliphatic heterocycles. The Morgan fingerprint density at radius 3 is 2.75 bits per heavy atom. The third-order valence-corrected chi connectivity index (χ3v) is 2.59. The van der Waals surface area contributed by atoms with Crippen molar-refractivity contribution in [3.63, 3.8) is 0 Å². The summed E-state index contributed by atoms with van der Waals surface area (Å²) < 4.78 is 10.8. The van der Waals surface area contributed by atoms with Crippen LogP contribution in [0.5, 0.6) is 5.75 Å². The van der Waals surface area contributed by atoms with Crippen molar-refractivity contribution >= 4 is 21.9 Å². The lowest BCUT2D eigenvalue weighted by Gasteiger charge is -2.07. The standard InChI is InChI=1S/C11H13BrO4/c1-15-5-2-6-16-8-3-4-9(11(13)14)10(12)7-8/h3-4,7H,2,5-6H2,1H3,(H,13,14). The fourth-order valence-corrected chi connectivity index (χ4v) is 1.68. The van der Waals surface area contributed by atoms with Gasteiger partial charge in [-0.2, -0.15) is 0 Å². The Morgan fingerprint density at radius 1 is 1.44 bits per heavy atom.